The average molecular weight is 626 g/mol. The maximum absolute atomic E-state index is 11.2. The first-order valence-corrected chi connectivity index (χ1v) is 18.0. The first kappa shape index (κ1) is 28.7. The van der Waals surface area contributed by atoms with Gasteiger partial charge in [-0.1, -0.05) is 85.7 Å². The molecule has 0 radical (unpaired) electrons. The van der Waals surface area contributed by atoms with Crippen LogP contribution >= 0.6 is 0 Å². The Kier molecular flexibility index (Phi) is 5.04. The van der Waals surface area contributed by atoms with Crippen LogP contribution in [0.2, 0.25) is 0 Å². The van der Waals surface area contributed by atoms with Gasteiger partial charge in [0.1, 0.15) is 0 Å². The second kappa shape index (κ2) is 8.44. The van der Waals surface area contributed by atoms with Crippen LogP contribution in [0, 0.1) is 17.9 Å². The Balaban J connectivity index is 1.59. The Morgan fingerprint density at radius 2 is 1.21 bits per heavy atom. The van der Waals surface area contributed by atoms with Gasteiger partial charge in [-0.25, -0.2) is 4.85 Å². The van der Waals surface area contributed by atoms with Crippen molar-refractivity contribution in [3.8, 4) is 17.2 Å². The van der Waals surface area contributed by atoms with E-state index < -0.39 is 0 Å². The minimum absolute atomic E-state index is 0.0773. The fraction of sp³-hybridized carbons (Fsp3) is 0.422. The van der Waals surface area contributed by atoms with Gasteiger partial charge in [0.15, 0.2) is 5.69 Å². The van der Waals surface area contributed by atoms with Crippen LogP contribution < -0.4 is 0 Å². The Morgan fingerprint density at radius 3 is 1.79 bits per heavy atom. The standard InChI is InChI=1S/C45H43N3/c1-42(2)21-43(3,4)35-32-27-18-26(23-13-11-10-12-14-23)19-28-33-36-37(45(7,8)22-44(36,5)6)38(47-9)31-25-16-15-24(17-25)30(29(20-46)34(35)42)40(32)48(39(27)28)41(31)33/h10-14,18-19,24-25H,15-17,21-22H2,1-8H3. The molecule has 1 aliphatic heterocycles. The van der Waals surface area contributed by atoms with Crippen molar-refractivity contribution < 1.29 is 0 Å². The molecule has 4 aromatic carbocycles. The van der Waals surface area contributed by atoms with Crippen LogP contribution in [-0.4, -0.2) is 4.40 Å². The molecule has 2 bridgehead atoms. The van der Waals surface area contributed by atoms with Crippen LogP contribution in [0.1, 0.15) is 138 Å². The topological polar surface area (TPSA) is 32.6 Å². The van der Waals surface area contributed by atoms with Crippen LogP contribution in [0.25, 0.3) is 54.1 Å². The molecule has 2 unspecified atom stereocenters. The number of hydrogen-bond donors (Lipinski definition) is 0. The van der Waals surface area contributed by atoms with E-state index in [-0.39, 0.29) is 21.7 Å². The quantitative estimate of drug-likeness (QED) is 0.167. The predicted octanol–water partition coefficient (Wildman–Crippen LogP) is 12.2. The highest BCUT2D eigenvalue weighted by atomic mass is 14.9. The zero-order valence-corrected chi connectivity index (χ0v) is 29.6. The molecule has 2 atom stereocenters. The van der Waals surface area contributed by atoms with Crippen LogP contribution in [0.3, 0.4) is 0 Å². The van der Waals surface area contributed by atoms with Gasteiger partial charge in [0.2, 0.25) is 0 Å². The Labute approximate surface area is 283 Å². The van der Waals surface area contributed by atoms with Crippen molar-refractivity contribution >= 4 is 43.8 Å². The first-order valence-electron chi connectivity index (χ1n) is 18.0. The molecule has 3 aliphatic carbocycles. The smallest absolute Gasteiger partial charge is 0.196 e. The minimum Gasteiger partial charge on any atom is -0.309 e. The molecule has 1 fully saturated rings. The molecule has 3 heterocycles. The highest BCUT2D eigenvalue weighted by Gasteiger charge is 2.51. The van der Waals surface area contributed by atoms with Crippen molar-refractivity contribution in [1.29, 1.82) is 5.26 Å². The average Bonchev–Trinajstić information content (AvgIpc) is 3.79. The van der Waals surface area contributed by atoms with Crippen molar-refractivity contribution in [2.45, 2.75) is 121 Å². The van der Waals surface area contributed by atoms with Gasteiger partial charge in [-0.2, -0.15) is 5.26 Å². The molecule has 4 aliphatic rings. The summed E-state index contributed by atoms with van der Waals surface area (Å²) in [6, 6.07) is 18.7. The third-order valence-corrected chi connectivity index (χ3v) is 13.4. The molecule has 238 valence electrons. The lowest BCUT2D eigenvalue weighted by molar-refractivity contribution is 0.403. The van der Waals surface area contributed by atoms with Gasteiger partial charge in [0.25, 0.3) is 0 Å². The lowest BCUT2D eigenvalue weighted by Gasteiger charge is -2.28. The normalized spacial score (nSPS) is 23.6. The van der Waals surface area contributed by atoms with E-state index in [2.05, 4.69) is 113 Å². The summed E-state index contributed by atoms with van der Waals surface area (Å²) in [6.45, 7) is 27.9. The summed E-state index contributed by atoms with van der Waals surface area (Å²) in [5.74, 6) is 0.619. The predicted molar refractivity (Wildman–Crippen MR) is 198 cm³/mol. The van der Waals surface area contributed by atoms with Gasteiger partial charge in [-0.15, -0.1) is 0 Å². The van der Waals surface area contributed by atoms with Crippen LogP contribution in [0.4, 0.5) is 5.69 Å². The SMILES string of the molecule is [C-]#[N+]c1c2c(c3c4cc(-c5ccccc5)cc5c6c7c(c(C#N)c8c6n(c3c1C1CCC8C1)c54)C(C)(C)CC7(C)C)C(C)(C)CC2(C)C. The summed E-state index contributed by atoms with van der Waals surface area (Å²) < 4.78 is 2.62. The van der Waals surface area contributed by atoms with Crippen molar-refractivity contribution in [1.82, 2.24) is 4.40 Å². The molecule has 3 heteroatoms. The fourth-order valence-corrected chi connectivity index (χ4v) is 12.7. The van der Waals surface area contributed by atoms with E-state index in [9.17, 15) is 5.26 Å². The molecular formula is C45H43N3. The maximum atomic E-state index is 11.2. The number of aromatic nitrogens is 1. The summed E-state index contributed by atoms with van der Waals surface area (Å²) >= 11 is 0. The molecule has 48 heavy (non-hydrogen) atoms. The highest BCUT2D eigenvalue weighted by Crippen LogP contribution is 2.65. The number of nitrogens with zero attached hydrogens (tertiary/aromatic N) is 3. The number of rotatable bonds is 1. The first-order chi connectivity index (χ1) is 22.7. The summed E-state index contributed by atoms with van der Waals surface area (Å²) in [6.07, 6.45) is 5.20. The fourth-order valence-electron chi connectivity index (χ4n) is 12.7. The Bertz CT molecular complexity index is 2400. The van der Waals surface area contributed by atoms with E-state index in [0.717, 1.165) is 43.4 Å². The molecule has 10 rings (SSSR count). The summed E-state index contributed by atoms with van der Waals surface area (Å²) in [7, 11) is 0. The lowest BCUT2D eigenvalue weighted by Crippen LogP contribution is -2.18. The summed E-state index contributed by atoms with van der Waals surface area (Å²) in [5, 5.41) is 16.6. The van der Waals surface area contributed by atoms with E-state index in [4.69, 9.17) is 6.57 Å². The van der Waals surface area contributed by atoms with Gasteiger partial charge >= 0.3 is 0 Å². The van der Waals surface area contributed by atoms with E-state index in [0.29, 0.717) is 11.8 Å². The zero-order valence-electron chi connectivity index (χ0n) is 29.6. The van der Waals surface area contributed by atoms with Gasteiger partial charge in [0.05, 0.1) is 29.2 Å². The molecule has 1 saturated carbocycles. The minimum atomic E-state index is -0.0931. The molecule has 6 aromatic rings. The summed E-state index contributed by atoms with van der Waals surface area (Å²) in [5.41, 5.74) is 15.8. The zero-order chi connectivity index (χ0) is 33.4. The third kappa shape index (κ3) is 3.12. The molecule has 0 N–H and O–H groups in total. The highest BCUT2D eigenvalue weighted by molar-refractivity contribution is 6.28. The molecule has 3 nitrogen and oxygen atoms in total. The molecule has 0 saturated heterocycles. The molecule has 2 aromatic heterocycles. The number of nitriles is 1. The van der Waals surface area contributed by atoms with Crippen molar-refractivity contribution in [2.75, 3.05) is 0 Å². The van der Waals surface area contributed by atoms with E-state index in [1.807, 2.05) is 0 Å². The molecule has 0 spiro atoms. The lowest BCUT2D eigenvalue weighted by atomic mass is 9.76. The van der Waals surface area contributed by atoms with E-state index in [1.54, 1.807) is 0 Å². The van der Waals surface area contributed by atoms with E-state index in [1.165, 1.54) is 82.6 Å². The second-order valence-electron chi connectivity index (χ2n) is 18.4. The van der Waals surface area contributed by atoms with Crippen LogP contribution in [-0.2, 0) is 21.7 Å². The van der Waals surface area contributed by atoms with Crippen LogP contribution in [0.15, 0.2) is 42.5 Å². The van der Waals surface area contributed by atoms with Gasteiger partial charge < -0.3 is 4.40 Å². The van der Waals surface area contributed by atoms with Gasteiger partial charge in [-0.3, -0.25) is 0 Å². The van der Waals surface area contributed by atoms with Crippen molar-refractivity contribution in [3.05, 3.63) is 92.8 Å². The van der Waals surface area contributed by atoms with Gasteiger partial charge in [-0.05, 0) is 122 Å². The van der Waals surface area contributed by atoms with Crippen molar-refractivity contribution in [3.63, 3.8) is 0 Å². The van der Waals surface area contributed by atoms with E-state index >= 15 is 0 Å². The Morgan fingerprint density at radius 1 is 0.688 bits per heavy atom. The van der Waals surface area contributed by atoms with Gasteiger partial charge in [0, 0.05) is 27.1 Å². The number of benzene rings is 4. The summed E-state index contributed by atoms with van der Waals surface area (Å²) in [4.78, 5) is 4.51. The van der Waals surface area contributed by atoms with Crippen LogP contribution in [0.5, 0.6) is 0 Å². The largest absolute Gasteiger partial charge is 0.309 e. The van der Waals surface area contributed by atoms with Crippen molar-refractivity contribution in [2.24, 2.45) is 0 Å². The maximum Gasteiger partial charge on any atom is 0.196 e. The number of fused-ring (bicyclic) bond motifs is 10. The molecule has 0 amide bonds. The Hall–Kier alpha value is -4.34. The second-order valence-corrected chi connectivity index (χ2v) is 18.4. The monoisotopic (exact) mass is 625 g/mol. The number of hydrogen-bond acceptors (Lipinski definition) is 1. The molecular weight excluding hydrogens is 583 g/mol. The third-order valence-electron chi connectivity index (χ3n) is 13.4.